The van der Waals surface area contributed by atoms with Gasteiger partial charge in [-0.05, 0) is 36.4 Å². The first-order valence-corrected chi connectivity index (χ1v) is 7.22. The molecular weight excluding hydrogens is 339 g/mol. The Morgan fingerprint density at radius 2 is 1.87 bits per heavy atom. The van der Waals surface area contributed by atoms with Gasteiger partial charge in [-0.25, -0.2) is 19.3 Å². The van der Waals surface area contributed by atoms with Gasteiger partial charge in [0.15, 0.2) is 0 Å². The molecule has 3 N–H and O–H groups in total. The third kappa shape index (κ3) is 2.86. The number of hydrogen-bond donors (Lipinski definition) is 2. The maximum absolute atomic E-state index is 11.7. The highest BCUT2D eigenvalue weighted by atomic mass is 35.5. The number of anilines is 1. The Kier molecular flexibility index (Phi) is 3.94. The molecule has 0 radical (unpaired) electrons. The Labute approximate surface area is 141 Å². The van der Waals surface area contributed by atoms with E-state index < -0.39 is 6.09 Å². The molecule has 0 aliphatic carbocycles. The van der Waals surface area contributed by atoms with Crippen molar-refractivity contribution in [3.63, 3.8) is 0 Å². The standard InChI is InChI=1S/C15H10Cl2N4O2/c16-8-1-2-9(10(17)7-8)12-3-4-13(21(12)15(22)23)11-5-6-19-14(18)20-11/h1-7H,(H,22,23)(H2,18,19,20). The third-order valence-corrected chi connectivity index (χ3v) is 3.76. The van der Waals surface area contributed by atoms with Gasteiger partial charge in [-0.15, -0.1) is 0 Å². The fraction of sp³-hybridized carbons (Fsp3) is 0. The Balaban J connectivity index is 2.22. The number of nitrogens with two attached hydrogens (primary N) is 1. The maximum Gasteiger partial charge on any atom is 0.416 e. The van der Waals surface area contributed by atoms with E-state index in [1.54, 1.807) is 36.4 Å². The van der Waals surface area contributed by atoms with Crippen LogP contribution in [0.2, 0.25) is 10.0 Å². The Morgan fingerprint density at radius 1 is 1.13 bits per heavy atom. The predicted molar refractivity (Wildman–Crippen MR) is 88.7 cm³/mol. The van der Waals surface area contributed by atoms with Crippen molar-refractivity contribution in [1.82, 2.24) is 14.5 Å². The van der Waals surface area contributed by atoms with Crippen LogP contribution in [0, 0.1) is 0 Å². The van der Waals surface area contributed by atoms with Crippen molar-refractivity contribution in [3.8, 4) is 22.6 Å². The summed E-state index contributed by atoms with van der Waals surface area (Å²) in [4.78, 5) is 19.6. The van der Waals surface area contributed by atoms with Crippen molar-refractivity contribution in [2.45, 2.75) is 0 Å². The molecule has 0 unspecified atom stereocenters. The van der Waals surface area contributed by atoms with E-state index in [-0.39, 0.29) is 5.95 Å². The van der Waals surface area contributed by atoms with E-state index in [0.29, 0.717) is 32.7 Å². The molecule has 1 aromatic carbocycles. The minimum Gasteiger partial charge on any atom is -0.464 e. The van der Waals surface area contributed by atoms with Crippen LogP contribution >= 0.6 is 23.2 Å². The van der Waals surface area contributed by atoms with Gasteiger partial charge in [-0.3, -0.25) is 0 Å². The number of nitrogen functional groups attached to an aromatic ring is 1. The molecule has 0 bridgehead atoms. The molecule has 0 saturated carbocycles. The second-order valence-corrected chi connectivity index (χ2v) is 5.49. The lowest BCUT2D eigenvalue weighted by molar-refractivity contribution is 0.197. The minimum atomic E-state index is -1.16. The van der Waals surface area contributed by atoms with Crippen LogP contribution in [0.4, 0.5) is 10.7 Å². The molecule has 0 aliphatic rings. The van der Waals surface area contributed by atoms with Crippen molar-refractivity contribution in [1.29, 1.82) is 0 Å². The van der Waals surface area contributed by atoms with Crippen LogP contribution in [-0.2, 0) is 0 Å². The van der Waals surface area contributed by atoms with E-state index >= 15 is 0 Å². The molecule has 0 amide bonds. The molecule has 23 heavy (non-hydrogen) atoms. The largest absolute Gasteiger partial charge is 0.464 e. The Bertz CT molecular complexity index is 908. The van der Waals surface area contributed by atoms with Gasteiger partial charge in [0.05, 0.1) is 22.1 Å². The molecule has 8 heteroatoms. The van der Waals surface area contributed by atoms with Gasteiger partial charge >= 0.3 is 6.09 Å². The summed E-state index contributed by atoms with van der Waals surface area (Å²) >= 11 is 12.1. The van der Waals surface area contributed by atoms with E-state index in [1.807, 2.05) is 0 Å². The average Bonchev–Trinajstić information content (AvgIpc) is 2.92. The van der Waals surface area contributed by atoms with Gasteiger partial charge in [0.2, 0.25) is 5.95 Å². The van der Waals surface area contributed by atoms with Gasteiger partial charge < -0.3 is 10.8 Å². The second kappa shape index (κ2) is 5.91. The molecule has 0 spiro atoms. The van der Waals surface area contributed by atoms with E-state index in [9.17, 15) is 9.90 Å². The fourth-order valence-corrected chi connectivity index (χ4v) is 2.77. The number of benzene rings is 1. The van der Waals surface area contributed by atoms with E-state index in [1.165, 1.54) is 6.20 Å². The monoisotopic (exact) mass is 348 g/mol. The van der Waals surface area contributed by atoms with E-state index in [4.69, 9.17) is 28.9 Å². The molecule has 0 fully saturated rings. The number of aromatic nitrogens is 3. The molecule has 6 nitrogen and oxygen atoms in total. The van der Waals surface area contributed by atoms with Gasteiger partial charge in [0.25, 0.3) is 0 Å². The van der Waals surface area contributed by atoms with Gasteiger partial charge in [0, 0.05) is 16.8 Å². The zero-order valence-electron chi connectivity index (χ0n) is 11.6. The summed E-state index contributed by atoms with van der Waals surface area (Å²) < 4.78 is 1.09. The maximum atomic E-state index is 11.7. The topological polar surface area (TPSA) is 94.0 Å². The Morgan fingerprint density at radius 3 is 2.52 bits per heavy atom. The van der Waals surface area contributed by atoms with Gasteiger partial charge in [0.1, 0.15) is 0 Å². The molecule has 116 valence electrons. The molecule has 2 aromatic heterocycles. The minimum absolute atomic E-state index is 0.0618. The number of hydrogen-bond acceptors (Lipinski definition) is 4. The van der Waals surface area contributed by atoms with E-state index in [2.05, 4.69) is 9.97 Å². The summed E-state index contributed by atoms with van der Waals surface area (Å²) in [6.07, 6.45) is 0.300. The predicted octanol–water partition coefficient (Wildman–Crippen LogP) is 4.03. The third-order valence-electron chi connectivity index (χ3n) is 3.22. The van der Waals surface area contributed by atoms with Crippen molar-refractivity contribution in [2.75, 3.05) is 5.73 Å². The van der Waals surface area contributed by atoms with Crippen LogP contribution in [-0.4, -0.2) is 25.7 Å². The van der Waals surface area contributed by atoms with Crippen LogP contribution in [0.1, 0.15) is 0 Å². The summed E-state index contributed by atoms with van der Waals surface area (Å²) in [5.41, 5.74) is 7.29. The molecule has 0 saturated heterocycles. The summed E-state index contributed by atoms with van der Waals surface area (Å²) in [5, 5.41) is 10.4. The van der Waals surface area contributed by atoms with Crippen molar-refractivity contribution in [3.05, 3.63) is 52.6 Å². The molecule has 3 rings (SSSR count). The average molecular weight is 349 g/mol. The summed E-state index contributed by atoms with van der Waals surface area (Å²) in [6.45, 7) is 0. The first-order valence-electron chi connectivity index (χ1n) is 6.46. The van der Waals surface area contributed by atoms with Crippen LogP contribution in [0.5, 0.6) is 0 Å². The van der Waals surface area contributed by atoms with Gasteiger partial charge in [-0.2, -0.15) is 0 Å². The SMILES string of the molecule is Nc1nccc(-c2ccc(-c3ccc(Cl)cc3Cl)n2C(=O)O)n1. The molecular formula is C15H10Cl2N4O2. The number of carbonyl (C=O) groups is 1. The van der Waals surface area contributed by atoms with Crippen molar-refractivity contribution < 1.29 is 9.90 Å². The quantitative estimate of drug-likeness (QED) is 0.729. The highest BCUT2D eigenvalue weighted by Gasteiger charge is 2.19. The van der Waals surface area contributed by atoms with Crippen LogP contribution in [0.25, 0.3) is 22.6 Å². The number of halogens is 2. The van der Waals surface area contributed by atoms with Crippen molar-refractivity contribution in [2.24, 2.45) is 0 Å². The van der Waals surface area contributed by atoms with Gasteiger partial charge in [-0.1, -0.05) is 23.2 Å². The number of carboxylic acid groups (broad SMARTS) is 1. The van der Waals surface area contributed by atoms with Crippen molar-refractivity contribution >= 4 is 35.2 Å². The number of nitrogens with zero attached hydrogens (tertiary/aromatic N) is 3. The highest BCUT2D eigenvalue weighted by Crippen LogP contribution is 2.34. The lowest BCUT2D eigenvalue weighted by Crippen LogP contribution is -2.12. The molecule has 3 aromatic rings. The zero-order chi connectivity index (χ0) is 16.6. The molecule has 2 heterocycles. The summed E-state index contributed by atoms with van der Waals surface area (Å²) in [7, 11) is 0. The first kappa shape index (κ1) is 15.3. The lowest BCUT2D eigenvalue weighted by atomic mass is 10.1. The summed E-state index contributed by atoms with van der Waals surface area (Å²) in [6, 6.07) is 9.73. The number of rotatable bonds is 2. The lowest BCUT2D eigenvalue weighted by Gasteiger charge is -2.10. The summed E-state index contributed by atoms with van der Waals surface area (Å²) in [5.74, 6) is 0.0618. The van der Waals surface area contributed by atoms with Crippen LogP contribution < -0.4 is 5.73 Å². The normalized spacial score (nSPS) is 10.7. The second-order valence-electron chi connectivity index (χ2n) is 4.65. The first-order chi connectivity index (χ1) is 11.0. The smallest absolute Gasteiger partial charge is 0.416 e. The van der Waals surface area contributed by atoms with Crippen LogP contribution in [0.3, 0.4) is 0 Å². The molecule has 0 aliphatic heterocycles. The molecule has 0 atom stereocenters. The van der Waals surface area contributed by atoms with E-state index in [0.717, 1.165) is 4.57 Å². The Hall–Kier alpha value is -2.57. The van der Waals surface area contributed by atoms with Crippen LogP contribution in [0.15, 0.2) is 42.6 Å². The zero-order valence-corrected chi connectivity index (χ0v) is 13.1. The highest BCUT2D eigenvalue weighted by molar-refractivity contribution is 6.36. The fourth-order valence-electron chi connectivity index (χ4n) is 2.27.